The predicted octanol–water partition coefficient (Wildman–Crippen LogP) is 0.518. The molecule has 0 saturated carbocycles. The normalized spacial score (nSPS) is 16.2. The number of nitrogens with one attached hydrogen (secondary N) is 1. The van der Waals surface area contributed by atoms with Gasteiger partial charge in [0, 0.05) is 18.8 Å². The fraction of sp³-hybridized carbons (Fsp3) is 0.250. The Kier molecular flexibility index (Phi) is 4.79. The van der Waals surface area contributed by atoms with Gasteiger partial charge in [0.2, 0.25) is 10.0 Å². The molecule has 8 heteroatoms. The third kappa shape index (κ3) is 3.72. The highest BCUT2D eigenvalue weighted by molar-refractivity contribution is 7.93. The molecule has 0 spiro atoms. The number of anilines is 2. The van der Waals surface area contributed by atoms with Crippen molar-refractivity contribution >= 4 is 34.0 Å². The monoisotopic (exact) mass is 346 g/mol. The molecule has 2 aromatic carbocycles. The summed E-state index contributed by atoms with van der Waals surface area (Å²) in [5, 5.41) is 21.4. The molecule has 3 N–H and O–H groups in total. The minimum atomic E-state index is -3.18. The molecule has 24 heavy (non-hydrogen) atoms. The van der Waals surface area contributed by atoms with Gasteiger partial charge in [-0.2, -0.15) is 0 Å². The fourth-order valence-electron chi connectivity index (χ4n) is 2.71. The molecule has 3 rings (SSSR count). The highest BCUT2D eigenvalue weighted by Gasteiger charge is 2.28. The molecule has 0 aliphatic carbocycles. The highest BCUT2D eigenvalue weighted by atomic mass is 32.2. The number of sulfonamides is 1. The third-order valence-electron chi connectivity index (χ3n) is 4.01. The second-order valence-electron chi connectivity index (χ2n) is 5.76. The maximum absolute atomic E-state index is 12.0. The van der Waals surface area contributed by atoms with E-state index in [1.165, 1.54) is 4.31 Å². The van der Waals surface area contributed by atoms with Crippen LogP contribution in [0.4, 0.5) is 11.4 Å². The second kappa shape index (κ2) is 6.84. The molecular formula is C16H19BN2O4S. The van der Waals surface area contributed by atoms with Crippen LogP contribution in [-0.2, 0) is 16.6 Å². The molecule has 6 nitrogen and oxygen atoms in total. The first-order valence-corrected chi connectivity index (χ1v) is 9.36. The SMILES string of the molecule is O=S1(=O)CCCN1c1cccc(NCc2ccc(B(O)O)cc2)c1. The molecule has 2 aromatic rings. The van der Waals surface area contributed by atoms with Gasteiger partial charge in [-0.25, -0.2) is 8.42 Å². The van der Waals surface area contributed by atoms with Gasteiger partial charge in [-0.05, 0) is 35.6 Å². The van der Waals surface area contributed by atoms with E-state index in [1.54, 1.807) is 18.2 Å². The van der Waals surface area contributed by atoms with Gasteiger partial charge in [0.1, 0.15) is 0 Å². The molecule has 1 saturated heterocycles. The Morgan fingerprint density at radius 3 is 2.50 bits per heavy atom. The molecular weight excluding hydrogens is 327 g/mol. The lowest BCUT2D eigenvalue weighted by Gasteiger charge is -2.18. The quantitative estimate of drug-likeness (QED) is 0.687. The highest BCUT2D eigenvalue weighted by Crippen LogP contribution is 2.26. The molecule has 0 radical (unpaired) electrons. The van der Waals surface area contributed by atoms with Crippen molar-refractivity contribution in [2.24, 2.45) is 0 Å². The van der Waals surface area contributed by atoms with Crippen LogP contribution in [0.2, 0.25) is 0 Å². The van der Waals surface area contributed by atoms with E-state index < -0.39 is 17.1 Å². The maximum Gasteiger partial charge on any atom is 0.488 e. The number of rotatable bonds is 5. The van der Waals surface area contributed by atoms with E-state index in [0.29, 0.717) is 30.7 Å². The van der Waals surface area contributed by atoms with Crippen molar-refractivity contribution in [3.63, 3.8) is 0 Å². The Balaban J connectivity index is 1.69. The number of hydrogen-bond acceptors (Lipinski definition) is 5. The first kappa shape index (κ1) is 16.8. The van der Waals surface area contributed by atoms with Crippen molar-refractivity contribution in [3.8, 4) is 0 Å². The molecule has 1 aliphatic rings. The van der Waals surface area contributed by atoms with Crippen LogP contribution in [0.1, 0.15) is 12.0 Å². The summed E-state index contributed by atoms with van der Waals surface area (Å²) in [5.41, 5.74) is 2.94. The van der Waals surface area contributed by atoms with E-state index in [4.69, 9.17) is 10.0 Å². The van der Waals surface area contributed by atoms with E-state index in [1.807, 2.05) is 30.3 Å². The van der Waals surface area contributed by atoms with Gasteiger partial charge in [-0.15, -0.1) is 0 Å². The van der Waals surface area contributed by atoms with Gasteiger partial charge in [0.05, 0.1) is 11.4 Å². The van der Waals surface area contributed by atoms with Crippen LogP contribution in [0.25, 0.3) is 0 Å². The molecule has 0 amide bonds. The largest absolute Gasteiger partial charge is 0.488 e. The fourth-order valence-corrected chi connectivity index (χ4v) is 4.27. The standard InChI is InChI=1S/C16H19BN2O4S/c20-17(21)14-7-5-13(6-8-14)12-18-15-3-1-4-16(11-15)19-9-2-10-24(19,22)23/h1,3-8,11,18,20-21H,2,9-10,12H2. The van der Waals surface area contributed by atoms with Crippen molar-refractivity contribution in [2.75, 3.05) is 21.9 Å². The smallest absolute Gasteiger partial charge is 0.423 e. The predicted molar refractivity (Wildman–Crippen MR) is 95.8 cm³/mol. The summed E-state index contributed by atoms with van der Waals surface area (Å²) in [6.45, 7) is 1.08. The zero-order valence-corrected chi connectivity index (χ0v) is 13.9. The molecule has 0 bridgehead atoms. The molecule has 1 fully saturated rings. The van der Waals surface area contributed by atoms with Crippen LogP contribution in [0, 0.1) is 0 Å². The summed E-state index contributed by atoms with van der Waals surface area (Å²) >= 11 is 0. The Hall–Kier alpha value is -2.03. The Labute approximate surface area is 141 Å². The zero-order chi connectivity index (χ0) is 17.2. The average molecular weight is 346 g/mol. The van der Waals surface area contributed by atoms with Gasteiger partial charge >= 0.3 is 7.12 Å². The average Bonchev–Trinajstić information content (AvgIpc) is 2.93. The lowest BCUT2D eigenvalue weighted by molar-refractivity contribution is 0.426. The summed E-state index contributed by atoms with van der Waals surface area (Å²) in [7, 11) is -4.65. The zero-order valence-electron chi connectivity index (χ0n) is 13.1. The minimum Gasteiger partial charge on any atom is -0.423 e. The first-order valence-electron chi connectivity index (χ1n) is 7.75. The Morgan fingerprint density at radius 2 is 1.88 bits per heavy atom. The topological polar surface area (TPSA) is 89.9 Å². The third-order valence-corrected chi connectivity index (χ3v) is 5.88. The molecule has 1 heterocycles. The van der Waals surface area contributed by atoms with Gasteiger partial charge in [-0.1, -0.05) is 30.3 Å². The molecule has 0 aromatic heterocycles. The number of hydrogen-bond donors (Lipinski definition) is 3. The van der Waals surface area contributed by atoms with Crippen LogP contribution in [0.3, 0.4) is 0 Å². The lowest BCUT2D eigenvalue weighted by Crippen LogP contribution is -2.29. The van der Waals surface area contributed by atoms with Crippen LogP contribution in [-0.4, -0.2) is 37.9 Å². The van der Waals surface area contributed by atoms with Crippen molar-refractivity contribution in [1.82, 2.24) is 0 Å². The summed E-state index contributed by atoms with van der Waals surface area (Å²) in [6.07, 6.45) is 0.656. The van der Waals surface area contributed by atoms with Crippen molar-refractivity contribution in [2.45, 2.75) is 13.0 Å². The van der Waals surface area contributed by atoms with Gasteiger partial charge < -0.3 is 15.4 Å². The first-order chi connectivity index (χ1) is 11.5. The minimum absolute atomic E-state index is 0.202. The van der Waals surface area contributed by atoms with E-state index in [9.17, 15) is 8.42 Å². The Morgan fingerprint density at radius 1 is 1.12 bits per heavy atom. The van der Waals surface area contributed by atoms with Crippen molar-refractivity contribution in [1.29, 1.82) is 0 Å². The van der Waals surface area contributed by atoms with Gasteiger partial charge in [0.25, 0.3) is 0 Å². The summed E-state index contributed by atoms with van der Waals surface area (Å²) in [5.74, 6) is 0.202. The summed E-state index contributed by atoms with van der Waals surface area (Å²) in [4.78, 5) is 0. The Bertz CT molecular complexity index is 809. The molecule has 0 atom stereocenters. The number of nitrogens with zero attached hydrogens (tertiary/aromatic N) is 1. The van der Waals surface area contributed by atoms with Gasteiger partial charge in [0.15, 0.2) is 0 Å². The molecule has 1 aliphatic heterocycles. The molecule has 126 valence electrons. The summed E-state index contributed by atoms with van der Waals surface area (Å²) in [6, 6.07) is 14.3. The van der Waals surface area contributed by atoms with Crippen LogP contribution >= 0.6 is 0 Å². The van der Waals surface area contributed by atoms with E-state index in [2.05, 4.69) is 5.32 Å². The molecule has 0 unspecified atom stereocenters. The van der Waals surface area contributed by atoms with E-state index >= 15 is 0 Å². The lowest BCUT2D eigenvalue weighted by atomic mass is 9.80. The van der Waals surface area contributed by atoms with Crippen LogP contribution in [0.5, 0.6) is 0 Å². The van der Waals surface area contributed by atoms with E-state index in [0.717, 1.165) is 11.3 Å². The van der Waals surface area contributed by atoms with Crippen molar-refractivity contribution < 1.29 is 18.5 Å². The summed E-state index contributed by atoms with van der Waals surface area (Å²) < 4.78 is 25.5. The van der Waals surface area contributed by atoms with E-state index in [-0.39, 0.29) is 5.75 Å². The van der Waals surface area contributed by atoms with Crippen molar-refractivity contribution in [3.05, 3.63) is 54.1 Å². The van der Waals surface area contributed by atoms with Crippen LogP contribution in [0.15, 0.2) is 48.5 Å². The van der Waals surface area contributed by atoms with Crippen LogP contribution < -0.4 is 15.1 Å². The maximum atomic E-state index is 12.0. The second-order valence-corrected chi connectivity index (χ2v) is 7.77. The number of benzene rings is 2. The van der Waals surface area contributed by atoms with Gasteiger partial charge in [-0.3, -0.25) is 4.31 Å².